The van der Waals surface area contributed by atoms with Crippen LogP contribution in [-0.4, -0.2) is 6.61 Å². The van der Waals surface area contributed by atoms with Gasteiger partial charge in [0, 0.05) is 5.02 Å². The van der Waals surface area contributed by atoms with E-state index in [1.165, 1.54) is 5.56 Å². The van der Waals surface area contributed by atoms with E-state index in [4.69, 9.17) is 16.3 Å². The molecule has 1 unspecified atom stereocenters. The minimum Gasteiger partial charge on any atom is -0.492 e. The van der Waals surface area contributed by atoms with Gasteiger partial charge in [-0.15, -0.1) is 0 Å². The molecule has 3 heteroatoms. The Bertz CT molecular complexity index is 556. The maximum Gasteiger partial charge on any atom is 0.142 e. The molecule has 1 N–H and O–H groups in total. The first-order valence-electron chi connectivity index (χ1n) is 6.98. The Labute approximate surface area is 125 Å². The van der Waals surface area contributed by atoms with Gasteiger partial charge in [0.05, 0.1) is 18.3 Å². The fraction of sp³-hybridized carbons (Fsp3) is 0.294. The molecule has 0 amide bonds. The molecule has 20 heavy (non-hydrogen) atoms. The van der Waals surface area contributed by atoms with E-state index in [-0.39, 0.29) is 6.04 Å². The molecule has 0 radical (unpaired) electrons. The third-order valence-electron chi connectivity index (χ3n) is 3.18. The largest absolute Gasteiger partial charge is 0.492 e. The highest BCUT2D eigenvalue weighted by molar-refractivity contribution is 6.30. The Kier molecular flexibility index (Phi) is 5.31. The lowest BCUT2D eigenvalue weighted by atomic mass is 10.0. The molecule has 0 aliphatic carbocycles. The lowest BCUT2D eigenvalue weighted by Crippen LogP contribution is -2.10. The van der Waals surface area contributed by atoms with Crippen LogP contribution in [0.4, 0.5) is 5.69 Å². The topological polar surface area (TPSA) is 21.3 Å². The third kappa shape index (κ3) is 3.67. The minimum atomic E-state index is 0.218. The van der Waals surface area contributed by atoms with Crippen LogP contribution in [0, 0.1) is 0 Å². The van der Waals surface area contributed by atoms with Crippen molar-refractivity contribution in [3.05, 3.63) is 59.1 Å². The van der Waals surface area contributed by atoms with Crippen LogP contribution in [0.2, 0.25) is 5.02 Å². The lowest BCUT2D eigenvalue weighted by Gasteiger charge is -2.21. The van der Waals surface area contributed by atoms with Crippen LogP contribution in [0.5, 0.6) is 5.75 Å². The number of benzene rings is 2. The van der Waals surface area contributed by atoms with Gasteiger partial charge in [-0.1, -0.05) is 42.8 Å². The zero-order chi connectivity index (χ0) is 14.4. The number of rotatable bonds is 6. The second kappa shape index (κ2) is 7.20. The SMILES string of the molecule is CCOc1ccccc1NC(CC)c1cccc(Cl)c1. The average Bonchev–Trinajstić information content (AvgIpc) is 2.46. The van der Waals surface area contributed by atoms with E-state index < -0.39 is 0 Å². The van der Waals surface area contributed by atoms with Gasteiger partial charge in [0.2, 0.25) is 0 Å². The van der Waals surface area contributed by atoms with E-state index in [1.807, 2.05) is 49.4 Å². The average molecular weight is 290 g/mol. The van der Waals surface area contributed by atoms with E-state index in [1.54, 1.807) is 0 Å². The molecule has 0 spiro atoms. The molecule has 0 fully saturated rings. The maximum atomic E-state index is 6.08. The van der Waals surface area contributed by atoms with Crippen LogP contribution in [0.3, 0.4) is 0 Å². The van der Waals surface area contributed by atoms with Crippen LogP contribution < -0.4 is 10.1 Å². The number of anilines is 1. The molecular weight excluding hydrogens is 270 g/mol. The van der Waals surface area contributed by atoms with E-state index in [2.05, 4.69) is 18.3 Å². The van der Waals surface area contributed by atoms with E-state index in [0.29, 0.717) is 6.61 Å². The van der Waals surface area contributed by atoms with E-state index in [9.17, 15) is 0 Å². The molecule has 0 heterocycles. The third-order valence-corrected chi connectivity index (χ3v) is 3.41. The highest BCUT2D eigenvalue weighted by Crippen LogP contribution is 2.30. The van der Waals surface area contributed by atoms with Crippen molar-refractivity contribution in [1.29, 1.82) is 0 Å². The predicted molar refractivity (Wildman–Crippen MR) is 85.7 cm³/mol. The predicted octanol–water partition coefficient (Wildman–Crippen LogP) is 5.30. The minimum absolute atomic E-state index is 0.218. The van der Waals surface area contributed by atoms with Crippen molar-refractivity contribution in [2.75, 3.05) is 11.9 Å². The Morgan fingerprint density at radius 3 is 2.60 bits per heavy atom. The molecular formula is C17H20ClNO. The van der Waals surface area contributed by atoms with Crippen molar-refractivity contribution < 1.29 is 4.74 Å². The highest BCUT2D eigenvalue weighted by atomic mass is 35.5. The lowest BCUT2D eigenvalue weighted by molar-refractivity contribution is 0.341. The molecule has 0 aliphatic rings. The van der Waals surface area contributed by atoms with Crippen molar-refractivity contribution >= 4 is 17.3 Å². The Hall–Kier alpha value is -1.67. The normalized spacial score (nSPS) is 11.9. The van der Waals surface area contributed by atoms with Gasteiger partial charge in [0.1, 0.15) is 5.75 Å². The van der Waals surface area contributed by atoms with Crippen LogP contribution in [0.15, 0.2) is 48.5 Å². The summed E-state index contributed by atoms with van der Waals surface area (Å²) in [5.41, 5.74) is 2.20. The second-order valence-electron chi connectivity index (χ2n) is 4.59. The van der Waals surface area contributed by atoms with Crippen molar-refractivity contribution in [3.8, 4) is 5.75 Å². The maximum absolute atomic E-state index is 6.08. The van der Waals surface area contributed by atoms with Crippen LogP contribution >= 0.6 is 11.6 Å². The molecule has 0 saturated heterocycles. The molecule has 0 bridgehead atoms. The fourth-order valence-corrected chi connectivity index (χ4v) is 2.40. The summed E-state index contributed by atoms with van der Waals surface area (Å²) in [6.45, 7) is 4.81. The monoisotopic (exact) mass is 289 g/mol. The van der Waals surface area contributed by atoms with Crippen molar-refractivity contribution in [2.45, 2.75) is 26.3 Å². The van der Waals surface area contributed by atoms with E-state index in [0.717, 1.165) is 22.9 Å². The summed E-state index contributed by atoms with van der Waals surface area (Å²) in [5, 5.41) is 4.31. The molecule has 1 atom stereocenters. The summed E-state index contributed by atoms with van der Waals surface area (Å²) >= 11 is 6.08. The first kappa shape index (κ1) is 14.7. The van der Waals surface area contributed by atoms with Gasteiger partial charge in [0.25, 0.3) is 0 Å². The Morgan fingerprint density at radius 2 is 1.90 bits per heavy atom. The Balaban J connectivity index is 2.22. The summed E-state index contributed by atoms with van der Waals surface area (Å²) in [4.78, 5) is 0. The Morgan fingerprint density at radius 1 is 1.10 bits per heavy atom. The molecule has 106 valence electrons. The fourth-order valence-electron chi connectivity index (χ4n) is 2.20. The molecule has 2 aromatic carbocycles. The van der Waals surface area contributed by atoms with Crippen LogP contribution in [-0.2, 0) is 0 Å². The standard InChI is InChI=1S/C17H20ClNO/c1-3-15(13-8-7-9-14(18)12-13)19-16-10-5-6-11-17(16)20-4-2/h5-12,15,19H,3-4H2,1-2H3. The second-order valence-corrected chi connectivity index (χ2v) is 5.03. The number of ether oxygens (including phenoxy) is 1. The van der Waals surface area contributed by atoms with Crippen LogP contribution in [0.25, 0.3) is 0 Å². The van der Waals surface area contributed by atoms with Gasteiger partial charge in [-0.2, -0.15) is 0 Å². The van der Waals surface area contributed by atoms with Gasteiger partial charge in [-0.25, -0.2) is 0 Å². The van der Waals surface area contributed by atoms with Gasteiger partial charge in [-0.05, 0) is 43.2 Å². The smallest absolute Gasteiger partial charge is 0.142 e. The first-order chi connectivity index (χ1) is 9.74. The summed E-state index contributed by atoms with van der Waals surface area (Å²) in [7, 11) is 0. The number of para-hydroxylation sites is 2. The molecule has 0 aliphatic heterocycles. The first-order valence-corrected chi connectivity index (χ1v) is 7.36. The zero-order valence-corrected chi connectivity index (χ0v) is 12.7. The molecule has 2 aromatic rings. The van der Waals surface area contributed by atoms with Gasteiger partial charge in [-0.3, -0.25) is 0 Å². The highest BCUT2D eigenvalue weighted by Gasteiger charge is 2.12. The summed E-state index contributed by atoms with van der Waals surface area (Å²) in [6, 6.07) is 16.2. The molecule has 0 saturated carbocycles. The number of nitrogens with one attached hydrogen (secondary N) is 1. The van der Waals surface area contributed by atoms with Crippen molar-refractivity contribution in [2.24, 2.45) is 0 Å². The van der Waals surface area contributed by atoms with Gasteiger partial charge < -0.3 is 10.1 Å². The summed E-state index contributed by atoms with van der Waals surface area (Å²) in [6.07, 6.45) is 0.973. The van der Waals surface area contributed by atoms with Crippen molar-refractivity contribution in [1.82, 2.24) is 0 Å². The molecule has 0 aromatic heterocycles. The van der Waals surface area contributed by atoms with E-state index >= 15 is 0 Å². The van der Waals surface area contributed by atoms with Gasteiger partial charge in [0.15, 0.2) is 0 Å². The zero-order valence-electron chi connectivity index (χ0n) is 11.9. The number of hydrogen-bond acceptors (Lipinski definition) is 2. The number of hydrogen-bond donors (Lipinski definition) is 1. The van der Waals surface area contributed by atoms with Crippen molar-refractivity contribution in [3.63, 3.8) is 0 Å². The molecule has 2 nitrogen and oxygen atoms in total. The summed E-state index contributed by atoms with van der Waals surface area (Å²) < 4.78 is 5.65. The number of halogens is 1. The quantitative estimate of drug-likeness (QED) is 0.779. The van der Waals surface area contributed by atoms with Crippen LogP contribution in [0.1, 0.15) is 31.9 Å². The van der Waals surface area contributed by atoms with Gasteiger partial charge >= 0.3 is 0 Å². The summed E-state index contributed by atoms with van der Waals surface area (Å²) in [5.74, 6) is 0.885. The molecule has 2 rings (SSSR count).